The van der Waals surface area contributed by atoms with Gasteiger partial charge >= 0.3 is 0 Å². The Kier molecular flexibility index (Phi) is 4.04. The molecule has 2 aliphatic heterocycles. The topological polar surface area (TPSA) is 40.6 Å². The van der Waals surface area contributed by atoms with Gasteiger partial charge in [-0.15, -0.1) is 0 Å². The van der Waals surface area contributed by atoms with Gasteiger partial charge < -0.3 is 9.80 Å². The Morgan fingerprint density at radius 1 is 0.920 bits per heavy atom. The van der Waals surface area contributed by atoms with Crippen LogP contribution < -0.4 is 0 Å². The predicted octanol–water partition coefficient (Wildman–Crippen LogP) is 2.95. The van der Waals surface area contributed by atoms with E-state index in [-0.39, 0.29) is 17.2 Å². The zero-order valence-corrected chi connectivity index (χ0v) is 14.2. The van der Waals surface area contributed by atoms with Gasteiger partial charge in [0.25, 0.3) is 5.91 Å². The second-order valence-electron chi connectivity index (χ2n) is 7.09. The Bertz CT molecular complexity index is 765. The van der Waals surface area contributed by atoms with Crippen LogP contribution in [0.25, 0.3) is 0 Å². The molecule has 1 spiro atoms. The first-order valence-corrected chi connectivity index (χ1v) is 8.86. The number of amides is 2. The van der Waals surface area contributed by atoms with Gasteiger partial charge in [-0.1, -0.05) is 48.5 Å². The van der Waals surface area contributed by atoms with Crippen molar-refractivity contribution in [2.24, 2.45) is 5.41 Å². The van der Waals surface area contributed by atoms with Gasteiger partial charge in [0, 0.05) is 31.7 Å². The molecule has 128 valence electrons. The molecule has 0 aromatic heterocycles. The van der Waals surface area contributed by atoms with Crippen molar-refractivity contribution in [3.63, 3.8) is 0 Å². The number of likely N-dealkylation sites (tertiary alicyclic amines) is 2. The van der Waals surface area contributed by atoms with Crippen molar-refractivity contribution in [2.45, 2.75) is 19.4 Å². The van der Waals surface area contributed by atoms with E-state index in [2.05, 4.69) is 12.1 Å². The molecule has 0 radical (unpaired) electrons. The number of β-lactam (4-membered cyclic amide) rings is 1. The molecule has 2 fully saturated rings. The molecule has 2 aromatic rings. The highest BCUT2D eigenvalue weighted by molar-refractivity contribution is 5.95. The van der Waals surface area contributed by atoms with Crippen molar-refractivity contribution < 1.29 is 9.59 Å². The Hall–Kier alpha value is -2.62. The summed E-state index contributed by atoms with van der Waals surface area (Å²) in [6.07, 6.45) is 1.55. The van der Waals surface area contributed by atoms with Gasteiger partial charge in [0.1, 0.15) is 0 Å². The fraction of sp³-hybridized carbons (Fsp3) is 0.333. The van der Waals surface area contributed by atoms with Crippen molar-refractivity contribution in [2.75, 3.05) is 19.6 Å². The van der Waals surface area contributed by atoms with Crippen molar-refractivity contribution in [3.8, 4) is 0 Å². The van der Waals surface area contributed by atoms with Crippen LogP contribution >= 0.6 is 0 Å². The quantitative estimate of drug-likeness (QED) is 0.810. The Labute approximate surface area is 148 Å². The molecular formula is C21H22N2O2. The summed E-state index contributed by atoms with van der Waals surface area (Å²) in [5.74, 6) is 0.325. The molecule has 2 heterocycles. The molecular weight excluding hydrogens is 312 g/mol. The zero-order valence-electron chi connectivity index (χ0n) is 14.2. The van der Waals surface area contributed by atoms with Crippen LogP contribution in [0.2, 0.25) is 0 Å². The van der Waals surface area contributed by atoms with Gasteiger partial charge in [0.05, 0.1) is 5.41 Å². The summed E-state index contributed by atoms with van der Waals surface area (Å²) in [5, 5.41) is 0. The van der Waals surface area contributed by atoms with Crippen LogP contribution in [0.1, 0.15) is 28.8 Å². The van der Waals surface area contributed by atoms with Crippen LogP contribution in [0, 0.1) is 5.41 Å². The normalized spacial score (nSPS) is 19.0. The molecule has 0 aliphatic carbocycles. The standard InChI is InChI=1S/C21H22N2O2/c24-19(18-9-5-2-6-10-18)22-13-11-21(12-14-22)16-23(20(21)25)15-17-7-3-1-4-8-17/h1-10H,11-16H2. The highest BCUT2D eigenvalue weighted by Crippen LogP contribution is 2.42. The maximum absolute atomic E-state index is 12.7. The second-order valence-corrected chi connectivity index (χ2v) is 7.09. The minimum absolute atomic E-state index is 0.0726. The van der Waals surface area contributed by atoms with Crippen LogP contribution in [0.15, 0.2) is 60.7 Å². The summed E-state index contributed by atoms with van der Waals surface area (Å²) in [6.45, 7) is 2.83. The summed E-state index contributed by atoms with van der Waals surface area (Å²) in [6, 6.07) is 19.5. The lowest BCUT2D eigenvalue weighted by molar-refractivity contribution is -0.165. The van der Waals surface area contributed by atoms with Gasteiger partial charge in [0.15, 0.2) is 0 Å². The summed E-state index contributed by atoms with van der Waals surface area (Å²) < 4.78 is 0. The summed E-state index contributed by atoms with van der Waals surface area (Å²) in [4.78, 5) is 29.1. The van der Waals surface area contributed by atoms with E-state index in [4.69, 9.17) is 0 Å². The first-order chi connectivity index (χ1) is 12.2. The minimum atomic E-state index is -0.234. The maximum Gasteiger partial charge on any atom is 0.253 e. The highest BCUT2D eigenvalue weighted by Gasteiger charge is 2.53. The number of hydrogen-bond acceptors (Lipinski definition) is 2. The number of nitrogens with zero attached hydrogens (tertiary/aromatic N) is 2. The Morgan fingerprint density at radius 3 is 2.12 bits per heavy atom. The molecule has 4 heteroatoms. The van der Waals surface area contributed by atoms with E-state index in [1.807, 2.05) is 58.3 Å². The van der Waals surface area contributed by atoms with E-state index in [1.165, 1.54) is 5.56 Å². The molecule has 4 rings (SSSR count). The third-order valence-corrected chi connectivity index (χ3v) is 5.48. The summed E-state index contributed by atoms with van der Waals surface area (Å²) in [5.41, 5.74) is 1.66. The molecule has 0 bridgehead atoms. The molecule has 25 heavy (non-hydrogen) atoms. The molecule has 2 aromatic carbocycles. The third-order valence-electron chi connectivity index (χ3n) is 5.48. The predicted molar refractivity (Wildman–Crippen MR) is 95.9 cm³/mol. The number of benzene rings is 2. The van der Waals surface area contributed by atoms with Crippen molar-refractivity contribution in [1.82, 2.24) is 9.80 Å². The number of piperidine rings is 1. The molecule has 0 unspecified atom stereocenters. The van der Waals surface area contributed by atoms with E-state index in [0.29, 0.717) is 19.6 Å². The number of hydrogen-bond donors (Lipinski definition) is 0. The lowest BCUT2D eigenvalue weighted by atomic mass is 9.71. The Morgan fingerprint density at radius 2 is 1.52 bits per heavy atom. The lowest BCUT2D eigenvalue weighted by Gasteiger charge is -2.52. The van der Waals surface area contributed by atoms with Crippen LogP contribution in [0.3, 0.4) is 0 Å². The number of carbonyl (C=O) groups is 2. The first kappa shape index (κ1) is 15.9. The maximum atomic E-state index is 12.7. The van der Waals surface area contributed by atoms with E-state index in [9.17, 15) is 9.59 Å². The average Bonchev–Trinajstić information content (AvgIpc) is 2.69. The summed E-state index contributed by atoms with van der Waals surface area (Å²) in [7, 11) is 0. The average molecular weight is 334 g/mol. The fourth-order valence-corrected chi connectivity index (χ4v) is 3.95. The number of carbonyl (C=O) groups excluding carboxylic acids is 2. The molecule has 4 nitrogen and oxygen atoms in total. The van der Waals surface area contributed by atoms with Crippen LogP contribution in [0.5, 0.6) is 0 Å². The fourth-order valence-electron chi connectivity index (χ4n) is 3.95. The monoisotopic (exact) mass is 334 g/mol. The van der Waals surface area contributed by atoms with Crippen molar-refractivity contribution in [3.05, 3.63) is 71.8 Å². The van der Waals surface area contributed by atoms with Gasteiger partial charge in [-0.05, 0) is 30.5 Å². The van der Waals surface area contributed by atoms with E-state index in [0.717, 1.165) is 24.9 Å². The van der Waals surface area contributed by atoms with E-state index < -0.39 is 0 Å². The van der Waals surface area contributed by atoms with E-state index >= 15 is 0 Å². The van der Waals surface area contributed by atoms with Gasteiger partial charge in [-0.25, -0.2) is 0 Å². The smallest absolute Gasteiger partial charge is 0.253 e. The summed E-state index contributed by atoms with van der Waals surface area (Å²) >= 11 is 0. The van der Waals surface area contributed by atoms with Crippen LogP contribution in [-0.2, 0) is 11.3 Å². The molecule has 0 atom stereocenters. The number of rotatable bonds is 3. The highest BCUT2D eigenvalue weighted by atomic mass is 16.2. The van der Waals surface area contributed by atoms with Crippen molar-refractivity contribution in [1.29, 1.82) is 0 Å². The molecule has 0 saturated carbocycles. The van der Waals surface area contributed by atoms with Gasteiger partial charge in [0.2, 0.25) is 5.91 Å². The SMILES string of the molecule is O=C(c1ccccc1)N1CCC2(CC1)CN(Cc1ccccc1)C2=O. The van der Waals surface area contributed by atoms with E-state index in [1.54, 1.807) is 0 Å². The molecule has 0 N–H and O–H groups in total. The van der Waals surface area contributed by atoms with Gasteiger partial charge in [-0.3, -0.25) is 9.59 Å². The van der Waals surface area contributed by atoms with Crippen LogP contribution in [-0.4, -0.2) is 41.2 Å². The van der Waals surface area contributed by atoms with Gasteiger partial charge in [-0.2, -0.15) is 0 Å². The van der Waals surface area contributed by atoms with Crippen LogP contribution in [0.4, 0.5) is 0 Å². The second kappa shape index (κ2) is 6.36. The third kappa shape index (κ3) is 2.93. The Balaban J connectivity index is 1.35. The first-order valence-electron chi connectivity index (χ1n) is 8.86. The molecule has 2 aliphatic rings. The molecule has 2 saturated heterocycles. The zero-order chi connectivity index (χ0) is 17.3. The van der Waals surface area contributed by atoms with Crippen molar-refractivity contribution >= 4 is 11.8 Å². The molecule has 2 amide bonds. The lowest BCUT2D eigenvalue weighted by Crippen LogP contribution is -2.64. The minimum Gasteiger partial charge on any atom is -0.339 e. The largest absolute Gasteiger partial charge is 0.339 e.